The van der Waals surface area contributed by atoms with E-state index in [4.69, 9.17) is 4.74 Å². The Kier molecular flexibility index (Phi) is 6.89. The fourth-order valence-electron chi connectivity index (χ4n) is 3.49. The van der Waals surface area contributed by atoms with Crippen LogP contribution in [-0.4, -0.2) is 62.1 Å². The summed E-state index contributed by atoms with van der Waals surface area (Å²) >= 11 is 1.14. The maximum Gasteiger partial charge on any atom is 0.344 e. The Labute approximate surface area is 199 Å². The molecule has 3 aromatic rings. The predicted octanol–water partition coefficient (Wildman–Crippen LogP) is 1.58. The van der Waals surface area contributed by atoms with Crippen LogP contribution in [0.3, 0.4) is 0 Å². The Morgan fingerprint density at radius 3 is 2.59 bits per heavy atom. The van der Waals surface area contributed by atoms with Crippen LogP contribution in [-0.2, 0) is 26.4 Å². The molecule has 0 saturated carbocycles. The molecule has 176 valence electrons. The van der Waals surface area contributed by atoms with Gasteiger partial charge in [-0.25, -0.2) is 4.79 Å². The fraction of sp³-hybridized carbons (Fsp3) is 0.273. The molecular formula is C22H23N7O4S. The molecule has 11 nitrogen and oxygen atoms in total. The Morgan fingerprint density at radius 2 is 1.88 bits per heavy atom. The minimum absolute atomic E-state index is 0.0828. The second-order valence-corrected chi connectivity index (χ2v) is 8.51. The van der Waals surface area contributed by atoms with Crippen LogP contribution in [0.4, 0.5) is 4.79 Å². The number of thioether (sulfide) groups is 1. The summed E-state index contributed by atoms with van der Waals surface area (Å²) in [4.78, 5) is 42.0. The maximum atomic E-state index is 13.0. The summed E-state index contributed by atoms with van der Waals surface area (Å²) in [6.07, 6.45) is 3.32. The maximum absolute atomic E-state index is 13.0. The van der Waals surface area contributed by atoms with Crippen molar-refractivity contribution in [2.45, 2.75) is 24.2 Å². The number of ether oxygens (including phenoxy) is 1. The van der Waals surface area contributed by atoms with Crippen molar-refractivity contribution in [3.8, 4) is 11.4 Å². The van der Waals surface area contributed by atoms with Gasteiger partial charge in [0.05, 0.1) is 18.9 Å². The van der Waals surface area contributed by atoms with Crippen molar-refractivity contribution in [1.82, 2.24) is 35.5 Å². The normalized spacial score (nSPS) is 17.6. The van der Waals surface area contributed by atoms with E-state index in [0.717, 1.165) is 17.3 Å². The van der Waals surface area contributed by atoms with E-state index in [-0.39, 0.29) is 5.75 Å². The summed E-state index contributed by atoms with van der Waals surface area (Å²) in [5, 5.41) is 12.3. The molecule has 3 heterocycles. The van der Waals surface area contributed by atoms with E-state index in [1.807, 2.05) is 22.8 Å². The van der Waals surface area contributed by atoms with E-state index in [1.165, 1.54) is 0 Å². The van der Waals surface area contributed by atoms with Crippen molar-refractivity contribution >= 4 is 29.6 Å². The SMILES string of the molecule is COCCn1c(SCC(=O)NN2C(=O)N[C@@](C)(c3ccccc3)C2=O)nnc1-c1ccncc1. The van der Waals surface area contributed by atoms with Crippen LogP contribution < -0.4 is 10.7 Å². The van der Waals surface area contributed by atoms with Gasteiger partial charge in [-0.15, -0.1) is 10.2 Å². The topological polar surface area (TPSA) is 131 Å². The highest BCUT2D eigenvalue weighted by Gasteiger charge is 2.49. The van der Waals surface area contributed by atoms with Gasteiger partial charge in [0.1, 0.15) is 5.54 Å². The van der Waals surface area contributed by atoms with Gasteiger partial charge in [0.25, 0.3) is 5.91 Å². The van der Waals surface area contributed by atoms with Gasteiger partial charge in [-0.2, -0.15) is 5.01 Å². The molecule has 4 rings (SSSR count). The number of hydrazine groups is 1. The summed E-state index contributed by atoms with van der Waals surface area (Å²) in [5.74, 6) is -0.557. The number of pyridine rings is 1. The summed E-state index contributed by atoms with van der Waals surface area (Å²) in [6.45, 7) is 2.51. The van der Waals surface area contributed by atoms with Crippen LogP contribution in [0.2, 0.25) is 0 Å². The summed E-state index contributed by atoms with van der Waals surface area (Å²) in [7, 11) is 1.60. The zero-order chi connectivity index (χ0) is 24.1. The molecule has 1 saturated heterocycles. The van der Waals surface area contributed by atoms with Crippen molar-refractivity contribution in [2.75, 3.05) is 19.5 Å². The summed E-state index contributed by atoms with van der Waals surface area (Å²) < 4.78 is 7.03. The number of carbonyl (C=O) groups excluding carboxylic acids is 3. The van der Waals surface area contributed by atoms with Crippen molar-refractivity contribution in [3.05, 3.63) is 60.4 Å². The second kappa shape index (κ2) is 10.0. The number of nitrogens with zero attached hydrogens (tertiary/aromatic N) is 5. The third kappa shape index (κ3) is 4.63. The van der Waals surface area contributed by atoms with Gasteiger partial charge in [-0.3, -0.25) is 24.6 Å². The number of methoxy groups -OCH3 is 1. The van der Waals surface area contributed by atoms with E-state index >= 15 is 0 Å². The lowest BCUT2D eigenvalue weighted by Gasteiger charge is -2.22. The lowest BCUT2D eigenvalue weighted by molar-refractivity contribution is -0.138. The molecule has 0 unspecified atom stereocenters. The average molecular weight is 482 g/mol. The average Bonchev–Trinajstić information content (AvgIpc) is 3.36. The fourth-order valence-corrected chi connectivity index (χ4v) is 4.25. The van der Waals surface area contributed by atoms with Crippen LogP contribution >= 0.6 is 11.8 Å². The minimum Gasteiger partial charge on any atom is -0.383 e. The first-order valence-corrected chi connectivity index (χ1v) is 11.4. The number of aromatic nitrogens is 4. The van der Waals surface area contributed by atoms with Gasteiger partial charge >= 0.3 is 6.03 Å². The van der Waals surface area contributed by atoms with E-state index in [2.05, 4.69) is 25.9 Å². The molecule has 34 heavy (non-hydrogen) atoms. The number of hydrogen-bond acceptors (Lipinski definition) is 8. The number of nitrogens with one attached hydrogen (secondary N) is 2. The highest BCUT2D eigenvalue weighted by Crippen LogP contribution is 2.28. The highest BCUT2D eigenvalue weighted by atomic mass is 32.2. The summed E-state index contributed by atoms with van der Waals surface area (Å²) in [6, 6.07) is 11.8. The van der Waals surface area contributed by atoms with Crippen molar-refractivity contribution in [3.63, 3.8) is 0 Å². The number of amides is 4. The van der Waals surface area contributed by atoms with E-state index in [1.54, 1.807) is 50.7 Å². The number of benzene rings is 1. The smallest absolute Gasteiger partial charge is 0.344 e. The number of rotatable bonds is 9. The van der Waals surface area contributed by atoms with E-state index in [9.17, 15) is 14.4 Å². The van der Waals surface area contributed by atoms with Crippen molar-refractivity contribution in [1.29, 1.82) is 0 Å². The number of urea groups is 1. The molecule has 0 aliphatic carbocycles. The van der Waals surface area contributed by atoms with Crippen LogP contribution in [0.1, 0.15) is 12.5 Å². The monoisotopic (exact) mass is 481 g/mol. The zero-order valence-corrected chi connectivity index (χ0v) is 19.4. The molecule has 0 spiro atoms. The third-order valence-corrected chi connectivity index (χ3v) is 6.25. The van der Waals surface area contributed by atoms with Crippen LogP contribution in [0.15, 0.2) is 60.0 Å². The third-order valence-electron chi connectivity index (χ3n) is 5.29. The Hall–Kier alpha value is -3.77. The molecule has 1 fully saturated rings. The largest absolute Gasteiger partial charge is 0.383 e. The first kappa shape index (κ1) is 23.4. The van der Waals surface area contributed by atoms with Crippen molar-refractivity contribution in [2.24, 2.45) is 0 Å². The van der Waals surface area contributed by atoms with Crippen LogP contribution in [0.5, 0.6) is 0 Å². The molecule has 0 bridgehead atoms. The predicted molar refractivity (Wildman–Crippen MR) is 123 cm³/mol. The molecular weight excluding hydrogens is 458 g/mol. The number of carbonyl (C=O) groups is 3. The second-order valence-electron chi connectivity index (χ2n) is 7.57. The molecule has 1 atom stereocenters. The molecule has 1 aliphatic heterocycles. The Morgan fingerprint density at radius 1 is 1.15 bits per heavy atom. The lowest BCUT2D eigenvalue weighted by atomic mass is 9.92. The standard InChI is InChI=1S/C22H23N7O4S/c1-22(16-6-4-3-5-7-16)19(31)29(20(32)24-22)27-17(30)14-34-21-26-25-18(28(21)12-13-33-2)15-8-10-23-11-9-15/h3-11H,12-14H2,1-2H3,(H,24,32)(H,27,30)/t22-/m0/s1. The summed E-state index contributed by atoms with van der Waals surface area (Å²) in [5.41, 5.74) is 2.58. The molecule has 0 radical (unpaired) electrons. The molecule has 2 aromatic heterocycles. The highest BCUT2D eigenvalue weighted by molar-refractivity contribution is 7.99. The van der Waals surface area contributed by atoms with Crippen LogP contribution in [0.25, 0.3) is 11.4 Å². The van der Waals surface area contributed by atoms with Crippen molar-refractivity contribution < 1.29 is 19.1 Å². The van der Waals surface area contributed by atoms with E-state index < -0.39 is 23.4 Å². The molecule has 4 amide bonds. The molecule has 1 aliphatic rings. The van der Waals surface area contributed by atoms with Gasteiger partial charge in [0.15, 0.2) is 11.0 Å². The first-order valence-electron chi connectivity index (χ1n) is 10.4. The Balaban J connectivity index is 1.44. The van der Waals surface area contributed by atoms with Gasteiger partial charge in [0.2, 0.25) is 5.91 Å². The van der Waals surface area contributed by atoms with E-state index in [0.29, 0.717) is 34.7 Å². The van der Waals surface area contributed by atoms with Gasteiger partial charge < -0.3 is 10.1 Å². The van der Waals surface area contributed by atoms with Crippen LogP contribution in [0, 0.1) is 0 Å². The zero-order valence-electron chi connectivity index (χ0n) is 18.6. The minimum atomic E-state index is -1.27. The molecule has 2 N–H and O–H groups in total. The number of hydrogen-bond donors (Lipinski definition) is 2. The Bertz CT molecular complexity index is 1190. The van der Waals surface area contributed by atoms with Gasteiger partial charge in [-0.1, -0.05) is 42.1 Å². The molecule has 12 heteroatoms. The van der Waals surface area contributed by atoms with Gasteiger partial charge in [0, 0.05) is 25.1 Å². The quantitative estimate of drug-likeness (QED) is 0.348. The number of imide groups is 1. The first-order chi connectivity index (χ1) is 16.4. The lowest BCUT2D eigenvalue weighted by Crippen LogP contribution is -2.48. The molecule has 1 aromatic carbocycles. The van der Waals surface area contributed by atoms with Gasteiger partial charge in [-0.05, 0) is 24.6 Å².